The number of phenols is 1. The van der Waals surface area contributed by atoms with E-state index in [2.05, 4.69) is 41.0 Å². The predicted octanol–water partition coefficient (Wildman–Crippen LogP) is 10.5. The average Bonchev–Trinajstić information content (AvgIpc) is 3.10. The van der Waals surface area contributed by atoms with E-state index in [-0.39, 0.29) is 30.6 Å². The van der Waals surface area contributed by atoms with E-state index in [0.717, 1.165) is 11.1 Å². The van der Waals surface area contributed by atoms with Gasteiger partial charge in [-0.05, 0) is 37.1 Å². The lowest BCUT2D eigenvalue weighted by Gasteiger charge is -2.13. The second-order valence-corrected chi connectivity index (χ2v) is 12.1. The fourth-order valence-electron chi connectivity index (χ4n) is 4.59. The van der Waals surface area contributed by atoms with Crippen molar-refractivity contribution >= 4 is 58.0 Å². The molecule has 0 amide bonds. The van der Waals surface area contributed by atoms with Crippen LogP contribution in [0.1, 0.15) is 37.6 Å². The van der Waals surface area contributed by atoms with E-state index < -0.39 is 0 Å². The lowest BCUT2D eigenvalue weighted by molar-refractivity contribution is 0.415. The van der Waals surface area contributed by atoms with Crippen molar-refractivity contribution in [3.63, 3.8) is 0 Å². The summed E-state index contributed by atoms with van der Waals surface area (Å²) in [5.74, 6) is 2.77. The molecule has 2 aromatic heterocycles. The molecule has 0 saturated carbocycles. The molecule has 0 aliphatic rings. The molecule has 3 N–H and O–H groups in total. The van der Waals surface area contributed by atoms with Crippen LogP contribution in [0.5, 0.6) is 11.5 Å². The molecule has 4 aromatic carbocycles. The standard InChI is InChI=1S/C18H16Cl2N4O.C17H14Cl2N4O.2CH4/c1-11-22-18(21-10-12-6-4-3-5-7-12)17(24-23-11)14-8-13(25-2)9-15(19)16(14)20;1-10-21-17(20-9-11-5-3-2-4-6-11)16(23-22-10)13-7-12(24)8-14(18)15(13)19;;/h3-9H,10H2,1-2H3,(H,21,22,23);2-8,24H,9H2,1H3,(H,20,21,22);2*1H4. The molecule has 51 heavy (non-hydrogen) atoms. The van der Waals surface area contributed by atoms with Crippen molar-refractivity contribution < 1.29 is 9.84 Å². The Morgan fingerprint density at radius 3 is 1.49 bits per heavy atom. The SMILES string of the molecule is C.C.COc1cc(Cl)c(Cl)c(-c2nnc(C)nc2NCc2ccccc2)c1.Cc1nnc(-c2cc(O)cc(Cl)c2Cl)c(NCc2ccccc2)n1. The van der Waals surface area contributed by atoms with Crippen LogP contribution in [0.25, 0.3) is 22.5 Å². The Morgan fingerprint density at radius 1 is 0.608 bits per heavy atom. The molecule has 0 unspecified atom stereocenters. The van der Waals surface area contributed by atoms with Crippen molar-refractivity contribution in [2.75, 3.05) is 17.7 Å². The zero-order valence-corrected chi connectivity index (χ0v) is 29.6. The number of aryl methyl sites for hydroxylation is 2. The maximum absolute atomic E-state index is 9.80. The maximum Gasteiger partial charge on any atom is 0.157 e. The van der Waals surface area contributed by atoms with Crippen molar-refractivity contribution in [1.29, 1.82) is 0 Å². The van der Waals surface area contributed by atoms with Crippen LogP contribution in [0.2, 0.25) is 20.1 Å². The van der Waals surface area contributed by atoms with Gasteiger partial charge in [-0.25, -0.2) is 9.97 Å². The van der Waals surface area contributed by atoms with Gasteiger partial charge in [0.05, 0.1) is 27.2 Å². The first-order valence-electron chi connectivity index (χ1n) is 14.8. The minimum absolute atomic E-state index is 0. The van der Waals surface area contributed by atoms with E-state index in [9.17, 15) is 5.11 Å². The highest BCUT2D eigenvalue weighted by Crippen LogP contribution is 2.39. The molecule has 6 aromatic rings. The minimum Gasteiger partial charge on any atom is -0.508 e. The van der Waals surface area contributed by atoms with Gasteiger partial charge in [0.25, 0.3) is 0 Å². The molecule has 266 valence electrons. The van der Waals surface area contributed by atoms with Crippen LogP contribution in [0.4, 0.5) is 11.6 Å². The van der Waals surface area contributed by atoms with Crippen LogP contribution in [-0.2, 0) is 13.1 Å². The molecule has 0 bridgehead atoms. The van der Waals surface area contributed by atoms with Gasteiger partial charge in [-0.2, -0.15) is 0 Å². The Bertz CT molecular complexity index is 2060. The largest absolute Gasteiger partial charge is 0.508 e. The van der Waals surface area contributed by atoms with Crippen LogP contribution in [0.3, 0.4) is 0 Å². The summed E-state index contributed by atoms with van der Waals surface area (Å²) in [4.78, 5) is 8.86. The number of phenolic OH excluding ortho intramolecular Hbond substituents is 1. The molecule has 0 fully saturated rings. The van der Waals surface area contributed by atoms with Gasteiger partial charge in [-0.3, -0.25) is 0 Å². The van der Waals surface area contributed by atoms with Gasteiger partial charge in [-0.1, -0.05) is 122 Å². The quantitative estimate of drug-likeness (QED) is 0.131. The van der Waals surface area contributed by atoms with Crippen LogP contribution in [0.15, 0.2) is 84.9 Å². The van der Waals surface area contributed by atoms with Crippen molar-refractivity contribution in [3.8, 4) is 34.0 Å². The van der Waals surface area contributed by atoms with Gasteiger partial charge in [0.1, 0.15) is 34.5 Å². The summed E-state index contributed by atoms with van der Waals surface area (Å²) in [5.41, 5.74) is 4.25. The number of nitrogens with zero attached hydrogens (tertiary/aromatic N) is 6. The van der Waals surface area contributed by atoms with Gasteiger partial charge in [0, 0.05) is 36.3 Å². The summed E-state index contributed by atoms with van der Waals surface area (Å²) in [7, 11) is 1.57. The number of aromatic nitrogens is 6. The molecule has 0 aliphatic heterocycles. The van der Waals surface area contributed by atoms with Crippen molar-refractivity contribution in [2.24, 2.45) is 0 Å². The van der Waals surface area contributed by atoms with E-state index in [1.807, 2.05) is 60.7 Å². The third-order valence-corrected chi connectivity index (χ3v) is 8.56. The number of ether oxygens (including phenoxy) is 1. The molecule has 0 radical (unpaired) electrons. The summed E-state index contributed by atoms with van der Waals surface area (Å²) < 4.78 is 5.27. The highest BCUT2D eigenvalue weighted by molar-refractivity contribution is 6.44. The Morgan fingerprint density at radius 2 is 1.04 bits per heavy atom. The van der Waals surface area contributed by atoms with Crippen molar-refractivity contribution in [1.82, 2.24) is 30.4 Å². The Kier molecular flexibility index (Phi) is 15.2. The number of rotatable bonds is 9. The second kappa shape index (κ2) is 19.0. The van der Waals surface area contributed by atoms with Crippen LogP contribution in [0, 0.1) is 13.8 Å². The topological polar surface area (TPSA) is 131 Å². The zero-order valence-electron chi connectivity index (χ0n) is 26.5. The average molecular weight is 769 g/mol. The third kappa shape index (κ3) is 10.6. The van der Waals surface area contributed by atoms with Gasteiger partial charge in [0.15, 0.2) is 11.6 Å². The number of benzene rings is 4. The summed E-state index contributed by atoms with van der Waals surface area (Å²) in [6, 6.07) is 26.2. The van der Waals surface area contributed by atoms with E-state index >= 15 is 0 Å². The molecule has 0 spiro atoms. The Labute approximate surface area is 318 Å². The third-order valence-electron chi connectivity index (χ3n) is 6.95. The molecule has 14 heteroatoms. The van der Waals surface area contributed by atoms with E-state index in [0.29, 0.717) is 74.7 Å². The van der Waals surface area contributed by atoms with Crippen LogP contribution in [-0.4, -0.2) is 42.6 Å². The Balaban J connectivity index is 0.000000265. The molecular weight excluding hydrogens is 730 g/mol. The fourth-order valence-corrected chi connectivity index (χ4v) is 5.41. The zero-order chi connectivity index (χ0) is 34.9. The number of hydrogen-bond donors (Lipinski definition) is 3. The fraction of sp³-hybridized carbons (Fsp3) is 0.189. The van der Waals surface area contributed by atoms with Crippen LogP contribution >= 0.6 is 46.4 Å². The Hall–Kier alpha value is -4.74. The number of aromatic hydroxyl groups is 1. The maximum atomic E-state index is 9.80. The lowest BCUT2D eigenvalue weighted by atomic mass is 10.1. The number of hydrogen-bond acceptors (Lipinski definition) is 10. The number of halogens is 4. The summed E-state index contributed by atoms with van der Waals surface area (Å²) >= 11 is 24.9. The summed E-state index contributed by atoms with van der Waals surface area (Å²) in [5, 5.41) is 34.1. The molecular formula is C37H38Cl4N8O2. The summed E-state index contributed by atoms with van der Waals surface area (Å²) in [6.07, 6.45) is 0. The van der Waals surface area contributed by atoms with Gasteiger partial charge < -0.3 is 20.5 Å². The molecule has 0 aliphatic carbocycles. The number of methoxy groups -OCH3 is 1. The normalized spacial score (nSPS) is 10.2. The smallest absolute Gasteiger partial charge is 0.157 e. The van der Waals surface area contributed by atoms with Gasteiger partial charge in [0.2, 0.25) is 0 Å². The van der Waals surface area contributed by atoms with Crippen molar-refractivity contribution in [3.05, 3.63) is 128 Å². The second-order valence-electron chi connectivity index (χ2n) is 10.6. The molecule has 2 heterocycles. The van der Waals surface area contributed by atoms with E-state index in [4.69, 9.17) is 51.1 Å². The molecule has 10 nitrogen and oxygen atoms in total. The molecule has 6 rings (SSSR count). The minimum atomic E-state index is -0.00390. The predicted molar refractivity (Wildman–Crippen MR) is 209 cm³/mol. The monoisotopic (exact) mass is 766 g/mol. The highest BCUT2D eigenvalue weighted by atomic mass is 35.5. The first kappa shape index (κ1) is 40.7. The van der Waals surface area contributed by atoms with Gasteiger partial charge in [-0.15, -0.1) is 20.4 Å². The highest BCUT2D eigenvalue weighted by Gasteiger charge is 2.18. The molecule has 0 atom stereocenters. The molecule has 0 saturated heterocycles. The summed E-state index contributed by atoms with van der Waals surface area (Å²) in [6.45, 7) is 4.70. The lowest BCUT2D eigenvalue weighted by Crippen LogP contribution is -2.07. The number of nitrogens with one attached hydrogen (secondary N) is 2. The van der Waals surface area contributed by atoms with E-state index in [1.54, 1.807) is 33.1 Å². The number of anilines is 2. The van der Waals surface area contributed by atoms with Crippen LogP contribution < -0.4 is 15.4 Å². The van der Waals surface area contributed by atoms with Gasteiger partial charge >= 0.3 is 0 Å². The van der Waals surface area contributed by atoms with Crippen molar-refractivity contribution in [2.45, 2.75) is 41.8 Å². The van der Waals surface area contributed by atoms with E-state index in [1.165, 1.54) is 12.1 Å². The first-order valence-corrected chi connectivity index (χ1v) is 16.3. The first-order chi connectivity index (χ1) is 23.6.